The van der Waals surface area contributed by atoms with Crippen LogP contribution in [-0.2, 0) is 17.9 Å². The van der Waals surface area contributed by atoms with Gasteiger partial charge in [0.2, 0.25) is 0 Å². The first-order chi connectivity index (χ1) is 6.45. The second-order valence-electron chi connectivity index (χ2n) is 3.53. The van der Waals surface area contributed by atoms with Crippen molar-refractivity contribution < 1.29 is 4.74 Å². The van der Waals surface area contributed by atoms with Gasteiger partial charge in [-0.25, -0.2) is 0 Å². The number of nitrogens with one attached hydrogen (secondary N) is 1. The molecule has 13 heavy (non-hydrogen) atoms. The predicted molar refractivity (Wildman–Crippen MR) is 45.3 cm³/mol. The zero-order valence-corrected chi connectivity index (χ0v) is 7.36. The summed E-state index contributed by atoms with van der Waals surface area (Å²) < 4.78 is 7.51. The van der Waals surface area contributed by atoms with Crippen molar-refractivity contribution in [2.24, 2.45) is 0 Å². The van der Waals surface area contributed by atoms with Gasteiger partial charge >= 0.3 is 0 Å². The number of fused-ring (bicyclic) bond motifs is 1. The number of nitrogens with zero attached hydrogens (tertiary/aromatic N) is 3. The van der Waals surface area contributed by atoms with Gasteiger partial charge < -0.3 is 14.6 Å². The van der Waals surface area contributed by atoms with Gasteiger partial charge in [0.25, 0.3) is 0 Å². The molecule has 2 aliphatic rings. The van der Waals surface area contributed by atoms with Crippen LogP contribution in [-0.4, -0.2) is 34.5 Å². The highest BCUT2D eigenvalue weighted by Crippen LogP contribution is 2.20. The summed E-state index contributed by atoms with van der Waals surface area (Å²) in [6, 6.07) is 0. The maximum absolute atomic E-state index is 5.30. The van der Waals surface area contributed by atoms with Crippen LogP contribution in [0, 0.1) is 0 Å². The number of hydrogen-bond donors (Lipinski definition) is 1. The molecule has 5 nitrogen and oxygen atoms in total. The Bertz CT molecular complexity index is 318. The maximum Gasteiger partial charge on any atom is 0.159 e. The van der Waals surface area contributed by atoms with Crippen LogP contribution in [0.2, 0.25) is 0 Å². The van der Waals surface area contributed by atoms with Gasteiger partial charge in [0.15, 0.2) is 5.82 Å². The van der Waals surface area contributed by atoms with Crippen molar-refractivity contribution in [2.45, 2.75) is 19.1 Å². The number of hydrogen-bond acceptors (Lipinski definition) is 4. The van der Waals surface area contributed by atoms with E-state index in [1.54, 1.807) is 0 Å². The first kappa shape index (κ1) is 7.46. The first-order valence-electron chi connectivity index (χ1n) is 4.65. The lowest BCUT2D eigenvalue weighted by atomic mass is 10.0. The molecule has 0 saturated carbocycles. The largest absolute Gasteiger partial charge is 0.372 e. The van der Waals surface area contributed by atoms with Crippen molar-refractivity contribution in [1.82, 2.24) is 20.1 Å². The molecule has 5 heteroatoms. The molecular weight excluding hydrogens is 168 g/mol. The molecule has 0 aliphatic carbocycles. The van der Waals surface area contributed by atoms with E-state index in [1.807, 2.05) is 0 Å². The third-order valence-electron chi connectivity index (χ3n) is 2.69. The molecule has 1 aromatic heterocycles. The van der Waals surface area contributed by atoms with Gasteiger partial charge in [0.1, 0.15) is 12.4 Å². The molecule has 0 bridgehead atoms. The van der Waals surface area contributed by atoms with Crippen LogP contribution in [0.4, 0.5) is 0 Å². The molecule has 0 atom stereocenters. The fourth-order valence-electron chi connectivity index (χ4n) is 1.79. The third-order valence-corrected chi connectivity index (χ3v) is 2.69. The predicted octanol–water partition coefficient (Wildman–Crippen LogP) is -0.505. The van der Waals surface area contributed by atoms with Gasteiger partial charge in [-0.2, -0.15) is 0 Å². The summed E-state index contributed by atoms with van der Waals surface area (Å²) in [6.07, 6.45) is 0. The minimum Gasteiger partial charge on any atom is -0.372 e. The van der Waals surface area contributed by atoms with E-state index >= 15 is 0 Å². The van der Waals surface area contributed by atoms with E-state index in [-0.39, 0.29) is 0 Å². The molecule has 0 aromatic carbocycles. The van der Waals surface area contributed by atoms with E-state index in [2.05, 4.69) is 20.1 Å². The molecule has 3 heterocycles. The second kappa shape index (κ2) is 2.78. The quantitative estimate of drug-likeness (QED) is 0.632. The van der Waals surface area contributed by atoms with Gasteiger partial charge in [-0.05, 0) is 0 Å². The number of ether oxygens (including phenoxy) is 1. The van der Waals surface area contributed by atoms with Crippen molar-refractivity contribution in [3.63, 3.8) is 0 Å². The lowest BCUT2D eigenvalue weighted by Gasteiger charge is -2.27. The molecule has 70 valence electrons. The minimum absolute atomic E-state index is 0.569. The maximum atomic E-state index is 5.30. The average Bonchev–Trinajstić information content (AvgIpc) is 2.47. The summed E-state index contributed by atoms with van der Waals surface area (Å²) in [6.45, 7) is 4.40. The van der Waals surface area contributed by atoms with E-state index in [9.17, 15) is 0 Å². The van der Waals surface area contributed by atoms with E-state index in [0.717, 1.165) is 37.9 Å². The Kier molecular flexibility index (Phi) is 1.60. The Labute approximate surface area is 76.1 Å². The van der Waals surface area contributed by atoms with Crippen molar-refractivity contribution in [3.8, 4) is 0 Å². The Morgan fingerprint density at radius 3 is 3.08 bits per heavy atom. The first-order valence-corrected chi connectivity index (χ1v) is 4.65. The molecule has 1 fully saturated rings. The Hall–Kier alpha value is -0.940. The van der Waals surface area contributed by atoms with Gasteiger partial charge in [-0.15, -0.1) is 10.2 Å². The van der Waals surface area contributed by atoms with E-state index in [0.29, 0.717) is 12.5 Å². The standard InChI is InChI=1S/C8H12N4O/c1-2-13-5-7-10-11-8(12(1)7)6-3-9-4-6/h6,9H,1-5H2. The molecule has 3 rings (SSSR count). The highest BCUT2D eigenvalue weighted by molar-refractivity contribution is 5.07. The van der Waals surface area contributed by atoms with Gasteiger partial charge in [0, 0.05) is 25.6 Å². The fourth-order valence-corrected chi connectivity index (χ4v) is 1.79. The monoisotopic (exact) mass is 180 g/mol. The minimum atomic E-state index is 0.569. The van der Waals surface area contributed by atoms with E-state index < -0.39 is 0 Å². The van der Waals surface area contributed by atoms with Crippen LogP contribution in [0.5, 0.6) is 0 Å². The second-order valence-corrected chi connectivity index (χ2v) is 3.53. The number of aromatic nitrogens is 3. The summed E-state index contributed by atoms with van der Waals surface area (Å²) in [4.78, 5) is 0. The average molecular weight is 180 g/mol. The molecule has 0 spiro atoms. The molecule has 1 aromatic rings. The smallest absolute Gasteiger partial charge is 0.159 e. The van der Waals surface area contributed by atoms with Crippen LogP contribution < -0.4 is 5.32 Å². The van der Waals surface area contributed by atoms with Gasteiger partial charge in [-0.1, -0.05) is 0 Å². The summed E-state index contributed by atoms with van der Waals surface area (Å²) in [7, 11) is 0. The molecule has 0 amide bonds. The summed E-state index contributed by atoms with van der Waals surface area (Å²) in [5.74, 6) is 2.68. The zero-order valence-electron chi connectivity index (χ0n) is 7.36. The normalized spacial score (nSPS) is 22.5. The third kappa shape index (κ3) is 1.08. The Morgan fingerprint density at radius 1 is 1.38 bits per heavy atom. The molecular formula is C8H12N4O. The molecule has 1 N–H and O–H groups in total. The highest BCUT2D eigenvalue weighted by Gasteiger charge is 2.27. The Morgan fingerprint density at radius 2 is 2.31 bits per heavy atom. The topological polar surface area (TPSA) is 52.0 Å². The summed E-state index contributed by atoms with van der Waals surface area (Å²) in [5.41, 5.74) is 0. The van der Waals surface area contributed by atoms with Gasteiger partial charge in [-0.3, -0.25) is 0 Å². The summed E-state index contributed by atoms with van der Waals surface area (Å²) >= 11 is 0. The van der Waals surface area contributed by atoms with Crippen LogP contribution in [0.25, 0.3) is 0 Å². The SMILES string of the molecule is C1Cn2c(nnc2C2CNC2)CO1. The lowest BCUT2D eigenvalue weighted by molar-refractivity contribution is 0.0798. The molecule has 0 unspecified atom stereocenters. The molecule has 0 radical (unpaired) electrons. The van der Waals surface area contributed by atoms with Gasteiger partial charge in [0.05, 0.1) is 6.61 Å². The van der Waals surface area contributed by atoms with Crippen LogP contribution >= 0.6 is 0 Å². The zero-order chi connectivity index (χ0) is 8.67. The molecule has 1 saturated heterocycles. The van der Waals surface area contributed by atoms with Crippen LogP contribution in [0.15, 0.2) is 0 Å². The summed E-state index contributed by atoms with van der Waals surface area (Å²) in [5, 5.41) is 11.6. The lowest BCUT2D eigenvalue weighted by Crippen LogP contribution is -2.41. The number of rotatable bonds is 1. The van der Waals surface area contributed by atoms with E-state index in [4.69, 9.17) is 4.74 Å². The van der Waals surface area contributed by atoms with Crippen molar-refractivity contribution >= 4 is 0 Å². The highest BCUT2D eigenvalue weighted by atomic mass is 16.5. The Balaban J connectivity index is 1.95. The fraction of sp³-hybridized carbons (Fsp3) is 0.750. The van der Waals surface area contributed by atoms with Crippen molar-refractivity contribution in [3.05, 3.63) is 11.6 Å². The van der Waals surface area contributed by atoms with E-state index in [1.165, 1.54) is 0 Å². The van der Waals surface area contributed by atoms with Crippen LogP contribution in [0.3, 0.4) is 0 Å². The van der Waals surface area contributed by atoms with Crippen molar-refractivity contribution in [1.29, 1.82) is 0 Å². The van der Waals surface area contributed by atoms with Crippen LogP contribution in [0.1, 0.15) is 17.6 Å². The molecule has 2 aliphatic heterocycles. The van der Waals surface area contributed by atoms with Crippen molar-refractivity contribution in [2.75, 3.05) is 19.7 Å².